The smallest absolute Gasteiger partial charge is 0.0552 e. The van der Waals surface area contributed by atoms with Crippen molar-refractivity contribution < 1.29 is 5.11 Å². The molecule has 94 valence electrons. The largest absolute Gasteiger partial charge is 0.393 e. The van der Waals surface area contributed by atoms with E-state index in [2.05, 4.69) is 45.1 Å². The van der Waals surface area contributed by atoms with Gasteiger partial charge in [-0.05, 0) is 49.9 Å². The molecule has 2 unspecified atom stereocenters. The Bertz CT molecular complexity index is 350. The van der Waals surface area contributed by atoms with Crippen molar-refractivity contribution in [1.29, 1.82) is 0 Å². The molecule has 0 spiro atoms. The standard InChI is InChI=1S/C14H20BrNO/c1-11(17)13-3-2-8-16(10-13)9-12-4-6-14(15)7-5-12/h4-7,11,13,17H,2-3,8-10H2,1H3. The summed E-state index contributed by atoms with van der Waals surface area (Å²) in [6.07, 6.45) is 2.18. The Morgan fingerprint density at radius 2 is 2.12 bits per heavy atom. The minimum absolute atomic E-state index is 0.178. The van der Waals surface area contributed by atoms with Gasteiger partial charge < -0.3 is 5.11 Å². The third-order valence-corrected chi connectivity index (χ3v) is 4.07. The Morgan fingerprint density at radius 1 is 1.41 bits per heavy atom. The van der Waals surface area contributed by atoms with Crippen molar-refractivity contribution in [3.63, 3.8) is 0 Å². The molecule has 0 radical (unpaired) electrons. The zero-order chi connectivity index (χ0) is 12.3. The molecular formula is C14H20BrNO. The molecule has 17 heavy (non-hydrogen) atoms. The molecule has 1 saturated heterocycles. The first-order chi connectivity index (χ1) is 8.15. The lowest BCUT2D eigenvalue weighted by atomic mass is 9.93. The molecule has 1 fully saturated rings. The van der Waals surface area contributed by atoms with Crippen molar-refractivity contribution in [2.45, 2.75) is 32.4 Å². The highest BCUT2D eigenvalue weighted by atomic mass is 79.9. The van der Waals surface area contributed by atoms with Gasteiger partial charge in [0.2, 0.25) is 0 Å². The second-order valence-electron chi connectivity index (χ2n) is 5.00. The molecule has 1 aliphatic rings. The predicted octanol–water partition coefficient (Wildman–Crippen LogP) is 3.04. The number of hydrogen-bond donors (Lipinski definition) is 1. The third kappa shape index (κ3) is 3.80. The first-order valence-corrected chi connectivity index (χ1v) is 7.09. The van der Waals surface area contributed by atoms with Crippen molar-refractivity contribution >= 4 is 15.9 Å². The second kappa shape index (κ2) is 5.98. The van der Waals surface area contributed by atoms with Crippen LogP contribution in [0.15, 0.2) is 28.7 Å². The highest BCUT2D eigenvalue weighted by Crippen LogP contribution is 2.21. The van der Waals surface area contributed by atoms with Crippen LogP contribution < -0.4 is 0 Å². The van der Waals surface area contributed by atoms with Gasteiger partial charge in [0.05, 0.1) is 6.10 Å². The summed E-state index contributed by atoms with van der Waals surface area (Å²) >= 11 is 3.45. The van der Waals surface area contributed by atoms with Gasteiger partial charge >= 0.3 is 0 Å². The quantitative estimate of drug-likeness (QED) is 0.927. The van der Waals surface area contributed by atoms with Crippen LogP contribution in [0.2, 0.25) is 0 Å². The molecule has 1 aromatic carbocycles. The van der Waals surface area contributed by atoms with Gasteiger partial charge in [-0.2, -0.15) is 0 Å². The number of hydrogen-bond acceptors (Lipinski definition) is 2. The number of aliphatic hydroxyl groups is 1. The van der Waals surface area contributed by atoms with Crippen molar-refractivity contribution in [1.82, 2.24) is 4.90 Å². The first-order valence-electron chi connectivity index (χ1n) is 6.30. The zero-order valence-corrected chi connectivity index (χ0v) is 11.9. The highest BCUT2D eigenvalue weighted by Gasteiger charge is 2.23. The van der Waals surface area contributed by atoms with Crippen LogP contribution in [-0.2, 0) is 6.54 Å². The molecule has 0 aliphatic carbocycles. The summed E-state index contributed by atoms with van der Waals surface area (Å²) in [7, 11) is 0. The Kier molecular flexibility index (Phi) is 4.60. The summed E-state index contributed by atoms with van der Waals surface area (Å²) in [4.78, 5) is 2.45. The predicted molar refractivity (Wildman–Crippen MR) is 73.8 cm³/mol. The lowest BCUT2D eigenvalue weighted by Gasteiger charge is -2.34. The number of nitrogens with zero attached hydrogens (tertiary/aromatic N) is 1. The highest BCUT2D eigenvalue weighted by molar-refractivity contribution is 9.10. The monoisotopic (exact) mass is 297 g/mol. The molecule has 0 bridgehead atoms. The number of benzene rings is 1. The summed E-state index contributed by atoms with van der Waals surface area (Å²) in [5.74, 6) is 0.444. The van der Waals surface area contributed by atoms with E-state index in [4.69, 9.17) is 0 Å². The van der Waals surface area contributed by atoms with Crippen LogP contribution in [0.3, 0.4) is 0 Å². The van der Waals surface area contributed by atoms with E-state index in [9.17, 15) is 5.11 Å². The fourth-order valence-electron chi connectivity index (χ4n) is 2.48. The van der Waals surface area contributed by atoms with Gasteiger partial charge in [-0.15, -0.1) is 0 Å². The second-order valence-corrected chi connectivity index (χ2v) is 5.92. The number of aliphatic hydroxyl groups excluding tert-OH is 1. The number of piperidine rings is 1. The molecule has 1 heterocycles. The average Bonchev–Trinajstić information content (AvgIpc) is 2.32. The average molecular weight is 298 g/mol. The Labute approximate surface area is 112 Å². The molecule has 2 nitrogen and oxygen atoms in total. The molecular weight excluding hydrogens is 278 g/mol. The van der Waals surface area contributed by atoms with Gasteiger partial charge in [-0.3, -0.25) is 4.90 Å². The summed E-state index contributed by atoms with van der Waals surface area (Å²) in [6, 6.07) is 8.50. The van der Waals surface area contributed by atoms with Gasteiger partial charge in [-0.25, -0.2) is 0 Å². The number of halogens is 1. The summed E-state index contributed by atoms with van der Waals surface area (Å²) in [5.41, 5.74) is 1.35. The maximum atomic E-state index is 9.66. The topological polar surface area (TPSA) is 23.5 Å². The fourth-order valence-corrected chi connectivity index (χ4v) is 2.74. The van der Waals surface area contributed by atoms with Gasteiger partial charge in [-0.1, -0.05) is 28.1 Å². The maximum absolute atomic E-state index is 9.66. The summed E-state index contributed by atoms with van der Waals surface area (Å²) in [5, 5.41) is 9.66. The number of rotatable bonds is 3. The van der Waals surface area contributed by atoms with Crippen molar-refractivity contribution in [3.05, 3.63) is 34.3 Å². The van der Waals surface area contributed by atoms with E-state index in [1.54, 1.807) is 0 Å². The molecule has 0 aromatic heterocycles. The molecule has 3 heteroatoms. The van der Waals surface area contributed by atoms with Crippen LogP contribution in [0.5, 0.6) is 0 Å². The fraction of sp³-hybridized carbons (Fsp3) is 0.571. The van der Waals surface area contributed by atoms with Crippen molar-refractivity contribution in [3.8, 4) is 0 Å². The van der Waals surface area contributed by atoms with E-state index in [1.165, 1.54) is 12.0 Å². The van der Waals surface area contributed by atoms with Crippen LogP contribution in [0, 0.1) is 5.92 Å². The van der Waals surface area contributed by atoms with Crippen LogP contribution in [0.4, 0.5) is 0 Å². The molecule has 2 rings (SSSR count). The molecule has 1 aromatic rings. The maximum Gasteiger partial charge on any atom is 0.0552 e. The molecule has 1 aliphatic heterocycles. The summed E-state index contributed by atoms with van der Waals surface area (Å²) < 4.78 is 1.13. The first kappa shape index (κ1) is 13.1. The van der Waals surface area contributed by atoms with Crippen molar-refractivity contribution in [2.24, 2.45) is 5.92 Å². The summed E-state index contributed by atoms with van der Waals surface area (Å²) in [6.45, 7) is 5.08. The Morgan fingerprint density at radius 3 is 2.76 bits per heavy atom. The number of likely N-dealkylation sites (tertiary alicyclic amines) is 1. The lowest BCUT2D eigenvalue weighted by Crippen LogP contribution is -2.38. The van der Waals surface area contributed by atoms with E-state index in [0.717, 1.165) is 30.5 Å². The normalized spacial score (nSPS) is 23.6. The van der Waals surface area contributed by atoms with Gasteiger partial charge in [0.25, 0.3) is 0 Å². The van der Waals surface area contributed by atoms with E-state index in [0.29, 0.717) is 5.92 Å². The van der Waals surface area contributed by atoms with E-state index >= 15 is 0 Å². The van der Waals surface area contributed by atoms with Gasteiger partial charge in [0, 0.05) is 17.6 Å². The lowest BCUT2D eigenvalue weighted by molar-refractivity contribution is 0.0599. The Balaban J connectivity index is 1.92. The molecule has 0 saturated carbocycles. The minimum Gasteiger partial charge on any atom is -0.393 e. The zero-order valence-electron chi connectivity index (χ0n) is 10.3. The van der Waals surface area contributed by atoms with Crippen molar-refractivity contribution in [2.75, 3.05) is 13.1 Å². The van der Waals surface area contributed by atoms with Crippen LogP contribution in [0.1, 0.15) is 25.3 Å². The van der Waals surface area contributed by atoms with Crippen LogP contribution >= 0.6 is 15.9 Å². The molecule has 2 atom stereocenters. The SMILES string of the molecule is CC(O)C1CCCN(Cc2ccc(Br)cc2)C1. The molecule has 1 N–H and O–H groups in total. The van der Waals surface area contributed by atoms with E-state index in [-0.39, 0.29) is 6.10 Å². The van der Waals surface area contributed by atoms with Crippen LogP contribution in [-0.4, -0.2) is 29.2 Å². The van der Waals surface area contributed by atoms with Gasteiger partial charge in [0.15, 0.2) is 0 Å². The Hall–Kier alpha value is -0.380. The minimum atomic E-state index is -0.178. The van der Waals surface area contributed by atoms with E-state index < -0.39 is 0 Å². The van der Waals surface area contributed by atoms with Crippen LogP contribution in [0.25, 0.3) is 0 Å². The van der Waals surface area contributed by atoms with E-state index in [1.807, 2.05) is 6.92 Å². The van der Waals surface area contributed by atoms with Gasteiger partial charge in [0.1, 0.15) is 0 Å². The third-order valence-electron chi connectivity index (χ3n) is 3.54. The molecule has 0 amide bonds.